The van der Waals surface area contributed by atoms with Gasteiger partial charge < -0.3 is 4.90 Å². The molecule has 0 bridgehead atoms. The normalized spacial score (nSPS) is 15.3. The molecule has 4 heterocycles. The van der Waals surface area contributed by atoms with E-state index < -0.39 is 0 Å². The minimum atomic E-state index is -0.234. The summed E-state index contributed by atoms with van der Waals surface area (Å²) in [5, 5.41) is 5.56. The van der Waals surface area contributed by atoms with E-state index in [1.807, 2.05) is 18.2 Å². The molecule has 1 aliphatic heterocycles. The molecule has 0 radical (unpaired) electrons. The van der Waals surface area contributed by atoms with Gasteiger partial charge in [-0.25, -0.2) is 14.6 Å². The summed E-state index contributed by atoms with van der Waals surface area (Å²) in [5.74, 6) is 0.135. The van der Waals surface area contributed by atoms with Gasteiger partial charge in [0, 0.05) is 49.4 Å². The lowest BCUT2D eigenvalue weighted by Gasteiger charge is -2.31. The molecular weight excluding hydrogens is 366 g/mol. The van der Waals surface area contributed by atoms with Crippen molar-refractivity contribution < 1.29 is 4.79 Å². The maximum atomic E-state index is 12.6. The Morgan fingerprint density at radius 1 is 1.19 bits per heavy atom. The number of fused-ring (bicyclic) bond motifs is 1. The molecule has 1 fully saturated rings. The van der Waals surface area contributed by atoms with Gasteiger partial charge in [0.2, 0.25) is 0 Å². The minimum Gasteiger partial charge on any atom is -0.337 e. The van der Waals surface area contributed by atoms with Crippen LogP contribution >= 0.6 is 11.6 Å². The second kappa shape index (κ2) is 7.08. The molecule has 3 aromatic heterocycles. The van der Waals surface area contributed by atoms with Crippen molar-refractivity contribution in [3.8, 4) is 0 Å². The largest absolute Gasteiger partial charge is 0.337 e. The molecule has 3 aromatic rings. The molecule has 1 amide bonds. The SMILES string of the molecule is Cn1nc(C(=O)N2CCC(c3ccc4cc(Cl)cnc4n3)CC2)ccc1=O. The summed E-state index contributed by atoms with van der Waals surface area (Å²) in [6, 6.07) is 8.70. The average molecular weight is 384 g/mol. The summed E-state index contributed by atoms with van der Waals surface area (Å²) in [6.45, 7) is 1.25. The third kappa shape index (κ3) is 3.55. The minimum absolute atomic E-state index is 0.146. The lowest BCUT2D eigenvalue weighted by Crippen LogP contribution is -2.39. The van der Waals surface area contributed by atoms with E-state index in [1.54, 1.807) is 11.1 Å². The van der Waals surface area contributed by atoms with Gasteiger partial charge in [-0.3, -0.25) is 9.59 Å². The van der Waals surface area contributed by atoms with E-state index in [2.05, 4.69) is 15.1 Å². The summed E-state index contributed by atoms with van der Waals surface area (Å²) in [6.07, 6.45) is 3.25. The number of likely N-dealkylation sites (tertiary alicyclic amines) is 1. The predicted octanol–water partition coefficient (Wildman–Crippen LogP) is 2.40. The molecule has 1 saturated heterocycles. The van der Waals surface area contributed by atoms with Crippen molar-refractivity contribution in [1.29, 1.82) is 0 Å². The number of hydrogen-bond donors (Lipinski definition) is 0. The Kier molecular flexibility index (Phi) is 4.61. The van der Waals surface area contributed by atoms with Crippen LogP contribution in [0.5, 0.6) is 0 Å². The Balaban J connectivity index is 1.47. The highest BCUT2D eigenvalue weighted by molar-refractivity contribution is 6.31. The van der Waals surface area contributed by atoms with Gasteiger partial charge in [-0.05, 0) is 37.1 Å². The molecule has 0 aliphatic carbocycles. The number of carbonyl (C=O) groups is 1. The molecule has 0 aromatic carbocycles. The quantitative estimate of drug-likeness (QED) is 0.678. The zero-order chi connectivity index (χ0) is 19.0. The highest BCUT2D eigenvalue weighted by Crippen LogP contribution is 2.28. The second-order valence-electron chi connectivity index (χ2n) is 6.68. The third-order valence-corrected chi connectivity index (χ3v) is 5.12. The number of hydrogen-bond acceptors (Lipinski definition) is 5. The van der Waals surface area contributed by atoms with Crippen LogP contribution in [0.4, 0.5) is 0 Å². The number of piperidine rings is 1. The van der Waals surface area contributed by atoms with Crippen LogP contribution in [-0.4, -0.2) is 43.6 Å². The topological polar surface area (TPSA) is 81.0 Å². The number of pyridine rings is 2. The first-order valence-corrected chi connectivity index (χ1v) is 9.15. The lowest BCUT2D eigenvalue weighted by atomic mass is 9.92. The Morgan fingerprint density at radius 2 is 1.96 bits per heavy atom. The summed E-state index contributed by atoms with van der Waals surface area (Å²) in [7, 11) is 1.54. The van der Waals surface area contributed by atoms with Crippen LogP contribution in [0.3, 0.4) is 0 Å². The highest BCUT2D eigenvalue weighted by atomic mass is 35.5. The zero-order valence-electron chi connectivity index (χ0n) is 14.8. The van der Waals surface area contributed by atoms with E-state index in [0.29, 0.717) is 29.5 Å². The van der Waals surface area contributed by atoms with Crippen LogP contribution in [-0.2, 0) is 7.05 Å². The number of aryl methyl sites for hydroxylation is 1. The number of aromatic nitrogens is 4. The van der Waals surface area contributed by atoms with Crippen molar-refractivity contribution in [3.05, 3.63) is 63.3 Å². The van der Waals surface area contributed by atoms with Gasteiger partial charge in [0.05, 0.1) is 5.02 Å². The Morgan fingerprint density at radius 3 is 2.70 bits per heavy atom. The summed E-state index contributed by atoms with van der Waals surface area (Å²) >= 11 is 5.97. The van der Waals surface area contributed by atoms with E-state index in [4.69, 9.17) is 11.6 Å². The molecule has 0 spiro atoms. The van der Waals surface area contributed by atoms with E-state index in [0.717, 1.165) is 23.9 Å². The Labute approximate surface area is 160 Å². The number of nitrogens with zero attached hydrogens (tertiary/aromatic N) is 5. The van der Waals surface area contributed by atoms with Crippen LogP contribution < -0.4 is 5.56 Å². The zero-order valence-corrected chi connectivity index (χ0v) is 15.6. The van der Waals surface area contributed by atoms with Crippen LogP contribution in [0, 0.1) is 0 Å². The molecule has 0 atom stereocenters. The highest BCUT2D eigenvalue weighted by Gasteiger charge is 2.26. The molecule has 8 heteroatoms. The number of rotatable bonds is 2. The molecule has 27 heavy (non-hydrogen) atoms. The van der Waals surface area contributed by atoms with Crippen molar-refractivity contribution in [2.75, 3.05) is 13.1 Å². The first-order chi connectivity index (χ1) is 13.0. The maximum Gasteiger partial charge on any atom is 0.274 e. The first-order valence-electron chi connectivity index (χ1n) is 8.77. The molecule has 0 unspecified atom stereocenters. The Bertz CT molecular complexity index is 1070. The molecule has 0 N–H and O–H groups in total. The van der Waals surface area contributed by atoms with E-state index in [-0.39, 0.29) is 17.4 Å². The maximum absolute atomic E-state index is 12.6. The summed E-state index contributed by atoms with van der Waals surface area (Å²) in [4.78, 5) is 34.8. The van der Waals surface area contributed by atoms with E-state index in [9.17, 15) is 9.59 Å². The molecule has 138 valence electrons. The number of halogens is 1. The van der Waals surface area contributed by atoms with Crippen LogP contribution in [0.15, 0.2) is 41.3 Å². The molecule has 4 rings (SSSR count). The van der Waals surface area contributed by atoms with E-state index >= 15 is 0 Å². The van der Waals surface area contributed by atoms with Gasteiger partial charge >= 0.3 is 0 Å². The van der Waals surface area contributed by atoms with Gasteiger partial charge in [0.15, 0.2) is 5.65 Å². The van der Waals surface area contributed by atoms with Gasteiger partial charge in [-0.1, -0.05) is 11.6 Å². The monoisotopic (exact) mass is 383 g/mol. The predicted molar refractivity (Wildman–Crippen MR) is 102 cm³/mol. The van der Waals surface area contributed by atoms with Gasteiger partial charge in [-0.15, -0.1) is 0 Å². The van der Waals surface area contributed by atoms with E-state index in [1.165, 1.54) is 23.9 Å². The fourth-order valence-electron chi connectivity index (χ4n) is 3.38. The average Bonchev–Trinajstić information content (AvgIpc) is 2.69. The smallest absolute Gasteiger partial charge is 0.274 e. The van der Waals surface area contributed by atoms with Gasteiger partial charge in [0.1, 0.15) is 5.69 Å². The van der Waals surface area contributed by atoms with Gasteiger partial charge in [0.25, 0.3) is 11.5 Å². The first kappa shape index (κ1) is 17.6. The van der Waals surface area contributed by atoms with Crippen LogP contribution in [0.1, 0.15) is 34.9 Å². The third-order valence-electron chi connectivity index (χ3n) is 4.91. The van der Waals surface area contributed by atoms with Crippen molar-refractivity contribution in [3.63, 3.8) is 0 Å². The lowest BCUT2D eigenvalue weighted by molar-refractivity contribution is 0.0703. The fourth-order valence-corrected chi connectivity index (χ4v) is 3.55. The standard InChI is InChI=1S/C19H18ClN5O2/c1-24-17(26)5-4-16(23-24)19(27)25-8-6-12(7-9-25)15-3-2-13-10-14(20)11-21-18(13)22-15/h2-5,10-12H,6-9H2,1H3. The molecule has 1 aliphatic rings. The molecular formula is C19H18ClN5O2. The van der Waals surface area contributed by atoms with Crippen molar-refractivity contribution >= 4 is 28.5 Å². The van der Waals surface area contributed by atoms with Crippen LogP contribution in [0.25, 0.3) is 11.0 Å². The fraction of sp³-hybridized carbons (Fsp3) is 0.316. The summed E-state index contributed by atoms with van der Waals surface area (Å²) in [5.41, 5.74) is 1.73. The molecule has 7 nitrogen and oxygen atoms in total. The Hall–Kier alpha value is -2.80. The van der Waals surface area contributed by atoms with Crippen molar-refractivity contribution in [2.24, 2.45) is 7.05 Å². The number of amides is 1. The van der Waals surface area contributed by atoms with Crippen LogP contribution in [0.2, 0.25) is 5.02 Å². The molecule has 0 saturated carbocycles. The van der Waals surface area contributed by atoms with Gasteiger partial charge in [-0.2, -0.15) is 5.10 Å². The van der Waals surface area contributed by atoms with Crippen molar-refractivity contribution in [2.45, 2.75) is 18.8 Å². The second-order valence-corrected chi connectivity index (χ2v) is 7.12. The number of carbonyl (C=O) groups excluding carboxylic acids is 1. The van der Waals surface area contributed by atoms with Crippen molar-refractivity contribution in [1.82, 2.24) is 24.6 Å². The summed E-state index contributed by atoms with van der Waals surface area (Å²) < 4.78 is 1.18.